The third-order valence-corrected chi connectivity index (χ3v) is 2.02. The molecule has 15 heavy (non-hydrogen) atoms. The predicted molar refractivity (Wildman–Crippen MR) is 62.8 cm³/mol. The minimum Gasteiger partial charge on any atom is -0.365 e. The van der Waals surface area contributed by atoms with Crippen molar-refractivity contribution in [1.82, 2.24) is 9.97 Å². The minimum absolute atomic E-state index is 0.729. The van der Waals surface area contributed by atoms with Gasteiger partial charge in [-0.25, -0.2) is 4.98 Å². The fraction of sp³-hybridized carbons (Fsp3) is 0.167. The highest BCUT2D eigenvalue weighted by molar-refractivity contribution is 5.75. The molecule has 0 atom stereocenters. The highest BCUT2D eigenvalue weighted by Crippen LogP contribution is 2.11. The topological polar surface area (TPSA) is 37.8 Å². The first-order valence-electron chi connectivity index (χ1n) is 4.86. The zero-order valence-electron chi connectivity index (χ0n) is 8.70. The van der Waals surface area contributed by atoms with Crippen LogP contribution >= 0.6 is 0 Å². The van der Waals surface area contributed by atoms with Gasteiger partial charge in [-0.1, -0.05) is 24.3 Å². The molecule has 1 N–H and O–H groups in total. The summed E-state index contributed by atoms with van der Waals surface area (Å²) in [5.41, 5.74) is 2.90. The summed E-state index contributed by atoms with van der Waals surface area (Å²) in [5, 5.41) is 3.16. The van der Waals surface area contributed by atoms with E-state index < -0.39 is 0 Å². The summed E-state index contributed by atoms with van der Waals surface area (Å²) in [4.78, 5) is 8.74. The van der Waals surface area contributed by atoms with Crippen LogP contribution in [0, 0.1) is 0 Å². The summed E-state index contributed by atoms with van der Waals surface area (Å²) in [6.07, 6.45) is 1.74. The molecule has 0 radical (unpaired) electrons. The molecule has 0 aliphatic rings. The van der Waals surface area contributed by atoms with Crippen LogP contribution in [-0.2, 0) is 0 Å². The van der Waals surface area contributed by atoms with Crippen LogP contribution in [-0.4, -0.2) is 16.5 Å². The minimum atomic E-state index is 0.729. The number of rotatable bonds is 3. The molecule has 0 bridgehead atoms. The Morgan fingerprint density at radius 1 is 1.33 bits per heavy atom. The summed E-state index contributed by atoms with van der Waals surface area (Å²) in [5.74, 6) is 0.789. The van der Waals surface area contributed by atoms with E-state index in [0.29, 0.717) is 0 Å². The van der Waals surface area contributed by atoms with Crippen molar-refractivity contribution < 1.29 is 0 Å². The first-order chi connectivity index (χ1) is 7.25. The summed E-state index contributed by atoms with van der Waals surface area (Å²) < 4.78 is 0. The van der Waals surface area contributed by atoms with E-state index in [1.807, 2.05) is 31.2 Å². The highest BCUT2D eigenvalue weighted by Gasteiger charge is 1.97. The molecule has 1 heterocycles. The summed E-state index contributed by atoms with van der Waals surface area (Å²) >= 11 is 0. The molecule has 3 nitrogen and oxygen atoms in total. The van der Waals surface area contributed by atoms with Gasteiger partial charge in [0.05, 0.1) is 17.2 Å². The van der Waals surface area contributed by atoms with E-state index in [1.54, 1.807) is 6.20 Å². The summed E-state index contributed by atoms with van der Waals surface area (Å²) in [6, 6.07) is 7.82. The Bertz CT molecular complexity index is 491. The first kappa shape index (κ1) is 9.65. The fourth-order valence-corrected chi connectivity index (χ4v) is 1.28. The normalized spacial score (nSPS) is 10.2. The Morgan fingerprint density at radius 2 is 2.07 bits per heavy atom. The Hall–Kier alpha value is -1.90. The zero-order valence-corrected chi connectivity index (χ0v) is 8.70. The van der Waals surface area contributed by atoms with Gasteiger partial charge in [-0.3, -0.25) is 4.98 Å². The highest BCUT2D eigenvalue weighted by atomic mass is 15.0. The Kier molecular flexibility index (Phi) is 2.63. The quantitative estimate of drug-likeness (QED) is 0.772. The standard InChI is InChI=1S/C12H13N3/c1-9(2)7-14-12-8-13-10-5-3-4-6-11(10)15-12/h3-6,8H,1,7H2,2H3,(H,14,15). The van der Waals surface area contributed by atoms with Crippen molar-refractivity contribution >= 4 is 16.9 Å². The summed E-state index contributed by atoms with van der Waals surface area (Å²) in [7, 11) is 0. The average molecular weight is 199 g/mol. The third kappa shape index (κ3) is 2.31. The zero-order chi connectivity index (χ0) is 10.7. The molecule has 0 fully saturated rings. The maximum atomic E-state index is 4.43. The molecule has 0 aliphatic heterocycles. The molecule has 1 aromatic carbocycles. The van der Waals surface area contributed by atoms with Crippen molar-refractivity contribution in [2.24, 2.45) is 0 Å². The second-order valence-electron chi connectivity index (χ2n) is 3.55. The van der Waals surface area contributed by atoms with Crippen molar-refractivity contribution in [3.8, 4) is 0 Å². The van der Waals surface area contributed by atoms with Crippen molar-refractivity contribution in [1.29, 1.82) is 0 Å². The number of hydrogen-bond donors (Lipinski definition) is 1. The van der Waals surface area contributed by atoms with E-state index in [2.05, 4.69) is 21.9 Å². The van der Waals surface area contributed by atoms with Crippen LogP contribution in [0.25, 0.3) is 11.0 Å². The number of benzene rings is 1. The van der Waals surface area contributed by atoms with Gasteiger partial charge in [-0.05, 0) is 19.1 Å². The second kappa shape index (κ2) is 4.09. The number of fused-ring (bicyclic) bond motifs is 1. The van der Waals surface area contributed by atoms with Gasteiger partial charge < -0.3 is 5.32 Å². The van der Waals surface area contributed by atoms with E-state index in [4.69, 9.17) is 0 Å². The molecule has 3 heteroatoms. The lowest BCUT2D eigenvalue weighted by Crippen LogP contribution is -2.04. The van der Waals surface area contributed by atoms with Crippen LogP contribution in [0.15, 0.2) is 42.6 Å². The predicted octanol–water partition coefficient (Wildman–Crippen LogP) is 2.62. The van der Waals surface area contributed by atoms with Gasteiger partial charge in [0.25, 0.3) is 0 Å². The molecule has 0 aliphatic carbocycles. The largest absolute Gasteiger partial charge is 0.365 e. The SMILES string of the molecule is C=C(C)CNc1cnc2ccccc2n1. The molecular weight excluding hydrogens is 186 g/mol. The van der Waals surface area contributed by atoms with Crippen LogP contribution in [0.5, 0.6) is 0 Å². The van der Waals surface area contributed by atoms with Gasteiger partial charge in [-0.15, -0.1) is 0 Å². The van der Waals surface area contributed by atoms with Crippen LogP contribution in [0.3, 0.4) is 0 Å². The molecule has 76 valence electrons. The van der Waals surface area contributed by atoms with Gasteiger partial charge in [0.2, 0.25) is 0 Å². The maximum Gasteiger partial charge on any atom is 0.145 e. The van der Waals surface area contributed by atoms with Crippen LogP contribution in [0.4, 0.5) is 5.82 Å². The Balaban J connectivity index is 2.26. The van der Waals surface area contributed by atoms with Gasteiger partial charge in [0, 0.05) is 6.54 Å². The van der Waals surface area contributed by atoms with Gasteiger partial charge in [-0.2, -0.15) is 0 Å². The molecule has 0 saturated carbocycles. The van der Waals surface area contributed by atoms with Gasteiger partial charge >= 0.3 is 0 Å². The lowest BCUT2D eigenvalue weighted by molar-refractivity contribution is 1.16. The number of aromatic nitrogens is 2. The smallest absolute Gasteiger partial charge is 0.145 e. The van der Waals surface area contributed by atoms with E-state index >= 15 is 0 Å². The Morgan fingerprint density at radius 3 is 2.80 bits per heavy atom. The number of para-hydroxylation sites is 2. The van der Waals surface area contributed by atoms with Gasteiger partial charge in [0.1, 0.15) is 5.82 Å². The van der Waals surface area contributed by atoms with Crippen molar-refractivity contribution in [2.45, 2.75) is 6.92 Å². The van der Waals surface area contributed by atoms with E-state index in [0.717, 1.165) is 29.0 Å². The molecule has 0 saturated heterocycles. The number of anilines is 1. The number of nitrogens with zero attached hydrogens (tertiary/aromatic N) is 2. The number of nitrogens with one attached hydrogen (secondary N) is 1. The lowest BCUT2D eigenvalue weighted by atomic mass is 10.3. The molecule has 1 aromatic heterocycles. The average Bonchev–Trinajstić information content (AvgIpc) is 2.26. The van der Waals surface area contributed by atoms with Crippen LogP contribution in [0.1, 0.15) is 6.92 Å². The van der Waals surface area contributed by atoms with Crippen LogP contribution < -0.4 is 5.32 Å². The van der Waals surface area contributed by atoms with E-state index in [1.165, 1.54) is 0 Å². The molecule has 2 rings (SSSR count). The van der Waals surface area contributed by atoms with Crippen molar-refractivity contribution in [3.63, 3.8) is 0 Å². The third-order valence-electron chi connectivity index (χ3n) is 2.02. The molecule has 0 spiro atoms. The van der Waals surface area contributed by atoms with Gasteiger partial charge in [0.15, 0.2) is 0 Å². The molecular formula is C12H13N3. The van der Waals surface area contributed by atoms with E-state index in [-0.39, 0.29) is 0 Å². The number of hydrogen-bond acceptors (Lipinski definition) is 3. The molecule has 0 unspecified atom stereocenters. The summed E-state index contributed by atoms with van der Waals surface area (Å²) in [6.45, 7) is 6.52. The van der Waals surface area contributed by atoms with Crippen LogP contribution in [0.2, 0.25) is 0 Å². The Labute approximate surface area is 88.9 Å². The lowest BCUT2D eigenvalue weighted by Gasteiger charge is -2.05. The first-order valence-corrected chi connectivity index (χ1v) is 4.86. The van der Waals surface area contributed by atoms with E-state index in [9.17, 15) is 0 Å². The monoisotopic (exact) mass is 199 g/mol. The molecule has 2 aromatic rings. The fourth-order valence-electron chi connectivity index (χ4n) is 1.28. The van der Waals surface area contributed by atoms with Crippen molar-refractivity contribution in [3.05, 3.63) is 42.6 Å². The second-order valence-corrected chi connectivity index (χ2v) is 3.55. The molecule has 0 amide bonds. The maximum absolute atomic E-state index is 4.43. The van der Waals surface area contributed by atoms with Crippen molar-refractivity contribution in [2.75, 3.05) is 11.9 Å².